The Labute approximate surface area is 106 Å². The number of piperidine rings is 1. The molecule has 0 amide bonds. The van der Waals surface area contributed by atoms with Gasteiger partial charge in [-0.25, -0.2) is 0 Å². The van der Waals surface area contributed by atoms with Gasteiger partial charge in [0, 0.05) is 31.7 Å². The fraction of sp³-hybridized carbons (Fsp3) is 0.462. The van der Waals surface area contributed by atoms with Crippen LogP contribution in [0.4, 0.5) is 0 Å². The van der Waals surface area contributed by atoms with E-state index in [1.165, 1.54) is 0 Å². The van der Waals surface area contributed by atoms with Gasteiger partial charge in [0.15, 0.2) is 5.76 Å². The van der Waals surface area contributed by atoms with E-state index in [1.54, 1.807) is 6.26 Å². The molecule has 2 aromatic rings. The summed E-state index contributed by atoms with van der Waals surface area (Å²) in [6, 6.07) is 6.00. The molecule has 3 heterocycles. The van der Waals surface area contributed by atoms with Crippen LogP contribution in [0.3, 0.4) is 0 Å². The molecule has 0 radical (unpaired) electrons. The zero-order chi connectivity index (χ0) is 12.4. The van der Waals surface area contributed by atoms with Crippen LogP contribution < -0.4 is 5.73 Å². The van der Waals surface area contributed by atoms with Crippen LogP contribution in [0.25, 0.3) is 11.5 Å². The van der Waals surface area contributed by atoms with Gasteiger partial charge in [0.25, 0.3) is 0 Å². The van der Waals surface area contributed by atoms with E-state index in [9.17, 15) is 0 Å². The van der Waals surface area contributed by atoms with Crippen molar-refractivity contribution in [3.05, 3.63) is 30.2 Å². The highest BCUT2D eigenvalue weighted by atomic mass is 16.5. The van der Waals surface area contributed by atoms with Crippen LogP contribution in [0.2, 0.25) is 0 Å². The van der Waals surface area contributed by atoms with Crippen molar-refractivity contribution >= 4 is 0 Å². The van der Waals surface area contributed by atoms with E-state index in [2.05, 4.69) is 10.1 Å². The van der Waals surface area contributed by atoms with Gasteiger partial charge in [0.2, 0.25) is 5.76 Å². The summed E-state index contributed by atoms with van der Waals surface area (Å²) >= 11 is 0. The minimum absolute atomic E-state index is 0.359. The Morgan fingerprint density at radius 1 is 1.33 bits per heavy atom. The first-order chi connectivity index (χ1) is 8.81. The summed E-state index contributed by atoms with van der Waals surface area (Å²) in [6.07, 6.45) is 3.75. The van der Waals surface area contributed by atoms with E-state index in [-0.39, 0.29) is 0 Å². The summed E-state index contributed by atoms with van der Waals surface area (Å²) in [5, 5.41) is 4.08. The van der Waals surface area contributed by atoms with Crippen molar-refractivity contribution in [1.29, 1.82) is 0 Å². The fourth-order valence-corrected chi connectivity index (χ4v) is 2.26. The molecule has 1 fully saturated rings. The molecule has 0 unspecified atom stereocenters. The minimum atomic E-state index is 0.359. The summed E-state index contributed by atoms with van der Waals surface area (Å²) in [5.41, 5.74) is 6.83. The SMILES string of the molecule is NC1CCN(Cc2cc(-c3ccco3)on2)CC1. The number of furan rings is 1. The molecule has 1 aliphatic rings. The smallest absolute Gasteiger partial charge is 0.202 e. The lowest BCUT2D eigenvalue weighted by molar-refractivity contribution is 0.200. The Morgan fingerprint density at radius 3 is 2.89 bits per heavy atom. The molecule has 5 nitrogen and oxygen atoms in total. The number of likely N-dealkylation sites (tertiary alicyclic amines) is 1. The number of aromatic nitrogens is 1. The van der Waals surface area contributed by atoms with E-state index < -0.39 is 0 Å². The molecule has 0 spiro atoms. The molecule has 0 aromatic carbocycles. The highest BCUT2D eigenvalue weighted by molar-refractivity contribution is 5.49. The normalized spacial score (nSPS) is 18.3. The maximum Gasteiger partial charge on any atom is 0.202 e. The van der Waals surface area contributed by atoms with Gasteiger partial charge in [0.1, 0.15) is 0 Å². The molecular formula is C13H17N3O2. The first-order valence-electron chi connectivity index (χ1n) is 6.28. The Morgan fingerprint density at radius 2 is 2.17 bits per heavy atom. The van der Waals surface area contributed by atoms with Crippen molar-refractivity contribution in [1.82, 2.24) is 10.1 Å². The summed E-state index contributed by atoms with van der Waals surface area (Å²) in [4.78, 5) is 2.35. The van der Waals surface area contributed by atoms with Crippen LogP contribution >= 0.6 is 0 Å². The number of nitrogens with two attached hydrogens (primary N) is 1. The van der Waals surface area contributed by atoms with Crippen molar-refractivity contribution in [3.8, 4) is 11.5 Å². The second kappa shape index (κ2) is 4.96. The molecule has 3 rings (SSSR count). The van der Waals surface area contributed by atoms with E-state index in [0.29, 0.717) is 11.8 Å². The van der Waals surface area contributed by atoms with Crippen LogP contribution in [0.5, 0.6) is 0 Å². The maximum absolute atomic E-state index is 5.89. The van der Waals surface area contributed by atoms with Crippen LogP contribution in [0.15, 0.2) is 33.4 Å². The molecule has 0 saturated carbocycles. The third kappa shape index (κ3) is 2.47. The highest BCUT2D eigenvalue weighted by Gasteiger charge is 2.18. The predicted octanol–water partition coefficient (Wildman–Crippen LogP) is 1.86. The van der Waals surface area contributed by atoms with Crippen molar-refractivity contribution in [2.45, 2.75) is 25.4 Å². The highest BCUT2D eigenvalue weighted by Crippen LogP contribution is 2.21. The largest absolute Gasteiger partial charge is 0.461 e. The van der Waals surface area contributed by atoms with Crippen molar-refractivity contribution < 1.29 is 8.94 Å². The number of hydrogen-bond donors (Lipinski definition) is 1. The molecule has 96 valence electrons. The van der Waals surface area contributed by atoms with Gasteiger partial charge in [-0.3, -0.25) is 4.90 Å². The first-order valence-corrected chi connectivity index (χ1v) is 6.28. The molecule has 2 N–H and O–H groups in total. The molecule has 1 aliphatic heterocycles. The molecule has 18 heavy (non-hydrogen) atoms. The van der Waals surface area contributed by atoms with E-state index in [4.69, 9.17) is 14.7 Å². The maximum atomic E-state index is 5.89. The molecular weight excluding hydrogens is 230 g/mol. The monoisotopic (exact) mass is 247 g/mol. The van der Waals surface area contributed by atoms with Gasteiger partial charge >= 0.3 is 0 Å². The lowest BCUT2D eigenvalue weighted by Crippen LogP contribution is -2.39. The average Bonchev–Trinajstić information content (AvgIpc) is 3.02. The standard InChI is InChI=1S/C13H17N3O2/c14-10-3-5-16(6-4-10)9-11-8-13(18-15-11)12-2-1-7-17-12/h1-2,7-8,10H,3-6,9,14H2. The zero-order valence-electron chi connectivity index (χ0n) is 10.2. The van der Waals surface area contributed by atoms with Crippen LogP contribution in [0, 0.1) is 0 Å². The minimum Gasteiger partial charge on any atom is -0.461 e. The Bertz CT molecular complexity index is 484. The van der Waals surface area contributed by atoms with E-state index in [0.717, 1.165) is 43.9 Å². The van der Waals surface area contributed by atoms with E-state index in [1.807, 2.05) is 18.2 Å². The summed E-state index contributed by atoms with van der Waals surface area (Å²) in [7, 11) is 0. The Hall–Kier alpha value is -1.59. The summed E-state index contributed by atoms with van der Waals surface area (Å²) < 4.78 is 10.5. The van der Waals surface area contributed by atoms with Gasteiger partial charge in [-0.1, -0.05) is 5.16 Å². The zero-order valence-corrected chi connectivity index (χ0v) is 10.2. The second-order valence-electron chi connectivity index (χ2n) is 4.77. The first kappa shape index (κ1) is 11.5. The fourth-order valence-electron chi connectivity index (χ4n) is 2.26. The molecule has 2 aromatic heterocycles. The lowest BCUT2D eigenvalue weighted by atomic mass is 10.1. The predicted molar refractivity (Wildman–Crippen MR) is 66.7 cm³/mol. The van der Waals surface area contributed by atoms with Crippen molar-refractivity contribution in [2.24, 2.45) is 5.73 Å². The van der Waals surface area contributed by atoms with E-state index >= 15 is 0 Å². The summed E-state index contributed by atoms with van der Waals surface area (Å²) in [5.74, 6) is 1.40. The lowest BCUT2D eigenvalue weighted by Gasteiger charge is -2.29. The molecule has 0 bridgehead atoms. The van der Waals surface area contributed by atoms with Crippen LogP contribution in [-0.4, -0.2) is 29.2 Å². The van der Waals surface area contributed by atoms with Crippen molar-refractivity contribution in [3.63, 3.8) is 0 Å². The van der Waals surface area contributed by atoms with Crippen LogP contribution in [0.1, 0.15) is 18.5 Å². The van der Waals surface area contributed by atoms with Gasteiger partial charge in [0.05, 0.1) is 12.0 Å². The van der Waals surface area contributed by atoms with Crippen LogP contribution in [-0.2, 0) is 6.54 Å². The van der Waals surface area contributed by atoms with Crippen molar-refractivity contribution in [2.75, 3.05) is 13.1 Å². The molecule has 1 saturated heterocycles. The number of rotatable bonds is 3. The summed E-state index contributed by atoms with van der Waals surface area (Å²) in [6.45, 7) is 2.88. The molecule has 5 heteroatoms. The molecule has 0 aliphatic carbocycles. The number of nitrogens with zero attached hydrogens (tertiary/aromatic N) is 2. The third-order valence-electron chi connectivity index (χ3n) is 3.34. The van der Waals surface area contributed by atoms with Gasteiger partial charge in [-0.2, -0.15) is 0 Å². The molecule has 0 atom stereocenters. The quantitative estimate of drug-likeness (QED) is 0.896. The third-order valence-corrected chi connectivity index (χ3v) is 3.34. The van der Waals surface area contributed by atoms with Gasteiger partial charge in [-0.05, 0) is 25.0 Å². The van der Waals surface area contributed by atoms with Gasteiger partial charge in [-0.15, -0.1) is 0 Å². The second-order valence-corrected chi connectivity index (χ2v) is 4.77. The average molecular weight is 247 g/mol. The van der Waals surface area contributed by atoms with Gasteiger partial charge < -0.3 is 14.7 Å². The topological polar surface area (TPSA) is 68.4 Å². The Kier molecular flexibility index (Phi) is 3.17. The number of hydrogen-bond acceptors (Lipinski definition) is 5. The Balaban J connectivity index is 1.64.